The van der Waals surface area contributed by atoms with Gasteiger partial charge < -0.3 is 19.5 Å². The van der Waals surface area contributed by atoms with Gasteiger partial charge in [0.25, 0.3) is 5.56 Å². The summed E-state index contributed by atoms with van der Waals surface area (Å²) in [5, 5.41) is 2.56. The van der Waals surface area contributed by atoms with Crippen LogP contribution in [0.15, 0.2) is 72.7 Å². The lowest BCUT2D eigenvalue weighted by molar-refractivity contribution is -0.144. The van der Waals surface area contributed by atoms with Crippen LogP contribution >= 0.6 is 0 Å². The number of ether oxygens (including phenoxy) is 1. The first-order valence-electron chi connectivity index (χ1n) is 16.8. The summed E-state index contributed by atoms with van der Waals surface area (Å²) in [4.78, 5) is 41.8. The summed E-state index contributed by atoms with van der Waals surface area (Å²) in [7, 11) is 3.77. The molecule has 0 spiro atoms. The highest BCUT2D eigenvalue weighted by Gasteiger charge is 2.38. The standard InChI is InChI=1S/C39H46F5N3O4/c1-7-10-11-12-14-27-20-29(40)19-25(4)36(27)28-21-30(37(41)31(22-28)39(42,43)44)32(23-35(49)51-9-3)45-38(50)33(13-8-2)47-24-26(15-16-34(47)48)17-18-46(5)6/h7-8,15-16,19-22,24,32-33H,1-2,9-14,17-18,23H2,3-6H3,(H,45,50)/t32-,33-/m0/s1. The molecule has 276 valence electrons. The first-order chi connectivity index (χ1) is 24.1. The van der Waals surface area contributed by atoms with E-state index < -0.39 is 64.9 Å². The predicted molar refractivity (Wildman–Crippen MR) is 188 cm³/mol. The monoisotopic (exact) mass is 715 g/mol. The van der Waals surface area contributed by atoms with Gasteiger partial charge >= 0.3 is 12.1 Å². The Bertz CT molecular complexity index is 1770. The fourth-order valence-electron chi connectivity index (χ4n) is 5.97. The third-order valence-electron chi connectivity index (χ3n) is 8.42. The number of halogens is 5. The molecular formula is C39H46F5N3O4. The Morgan fingerprint density at radius 2 is 1.76 bits per heavy atom. The lowest BCUT2D eigenvalue weighted by Crippen LogP contribution is -2.40. The van der Waals surface area contributed by atoms with Crippen molar-refractivity contribution in [3.05, 3.63) is 118 Å². The van der Waals surface area contributed by atoms with Gasteiger partial charge in [0.15, 0.2) is 0 Å². The van der Waals surface area contributed by atoms with E-state index in [2.05, 4.69) is 18.5 Å². The van der Waals surface area contributed by atoms with E-state index in [1.54, 1.807) is 19.1 Å². The maximum absolute atomic E-state index is 16.1. The average Bonchev–Trinajstić information content (AvgIpc) is 3.04. The molecule has 1 aromatic heterocycles. The Hall–Kier alpha value is -4.58. The molecule has 0 saturated heterocycles. The maximum Gasteiger partial charge on any atom is 0.419 e. The second kappa shape index (κ2) is 18.6. The van der Waals surface area contributed by atoms with Crippen LogP contribution < -0.4 is 10.9 Å². The zero-order valence-corrected chi connectivity index (χ0v) is 29.5. The number of unbranched alkanes of at least 4 members (excludes halogenated alkanes) is 2. The third-order valence-corrected chi connectivity index (χ3v) is 8.42. The molecule has 7 nitrogen and oxygen atoms in total. The van der Waals surface area contributed by atoms with Crippen LogP contribution in [0.3, 0.4) is 0 Å². The van der Waals surface area contributed by atoms with Crippen LogP contribution in [0.1, 0.15) is 78.9 Å². The number of allylic oxidation sites excluding steroid dienone is 2. The summed E-state index contributed by atoms with van der Waals surface area (Å²) in [6.45, 7) is 11.0. The first-order valence-corrected chi connectivity index (χ1v) is 16.8. The van der Waals surface area contributed by atoms with Crippen molar-refractivity contribution < 1.29 is 36.3 Å². The van der Waals surface area contributed by atoms with Crippen LogP contribution in [0, 0.1) is 18.6 Å². The molecule has 12 heteroatoms. The van der Waals surface area contributed by atoms with Crippen molar-refractivity contribution in [2.45, 2.75) is 77.1 Å². The largest absolute Gasteiger partial charge is 0.466 e. The number of hydrogen-bond donors (Lipinski definition) is 1. The molecule has 3 aromatic rings. The molecule has 1 N–H and O–H groups in total. The highest BCUT2D eigenvalue weighted by molar-refractivity contribution is 5.82. The van der Waals surface area contributed by atoms with Crippen molar-refractivity contribution in [1.29, 1.82) is 0 Å². The van der Waals surface area contributed by atoms with Crippen molar-refractivity contribution in [1.82, 2.24) is 14.8 Å². The van der Waals surface area contributed by atoms with Gasteiger partial charge in [0, 0.05) is 24.4 Å². The number of likely N-dealkylation sites (N-methyl/N-ethyl adjacent to an activating group) is 1. The van der Waals surface area contributed by atoms with E-state index in [4.69, 9.17) is 4.74 Å². The molecule has 1 amide bonds. The van der Waals surface area contributed by atoms with Crippen LogP contribution in [0.5, 0.6) is 0 Å². The molecule has 0 saturated carbocycles. The molecule has 0 aliphatic rings. The molecule has 0 unspecified atom stereocenters. The number of aryl methyl sites for hydroxylation is 2. The number of aromatic nitrogens is 1. The average molecular weight is 716 g/mol. The highest BCUT2D eigenvalue weighted by atomic mass is 19.4. The molecule has 2 aromatic carbocycles. The minimum Gasteiger partial charge on any atom is -0.466 e. The van der Waals surface area contributed by atoms with E-state index in [9.17, 15) is 31.9 Å². The SMILES string of the molecule is C=CCCCCc1cc(F)cc(C)c1-c1cc([C@H](CC(=O)OCC)NC(=O)[C@H](CC=C)n2cc(CCN(C)C)ccc2=O)c(F)c(C(F)(F)F)c1. The van der Waals surface area contributed by atoms with E-state index in [0.717, 1.165) is 11.6 Å². The van der Waals surface area contributed by atoms with Gasteiger partial charge in [-0.15, -0.1) is 13.2 Å². The number of alkyl halides is 3. The molecule has 3 rings (SSSR count). The third kappa shape index (κ3) is 11.2. The van der Waals surface area contributed by atoms with Crippen molar-refractivity contribution in [3.63, 3.8) is 0 Å². The Balaban J connectivity index is 2.22. The van der Waals surface area contributed by atoms with E-state index in [0.29, 0.717) is 55.8 Å². The topological polar surface area (TPSA) is 80.6 Å². The van der Waals surface area contributed by atoms with Gasteiger partial charge in [0.05, 0.1) is 24.6 Å². The zero-order valence-electron chi connectivity index (χ0n) is 29.5. The maximum atomic E-state index is 16.1. The number of benzene rings is 2. The fraction of sp³-hybridized carbons (Fsp3) is 0.410. The molecule has 1 heterocycles. The molecule has 0 fully saturated rings. The Labute approximate surface area is 295 Å². The highest BCUT2D eigenvalue weighted by Crippen LogP contribution is 2.40. The molecule has 2 atom stereocenters. The van der Waals surface area contributed by atoms with Crippen molar-refractivity contribution in [3.8, 4) is 11.1 Å². The van der Waals surface area contributed by atoms with E-state index in [-0.39, 0.29) is 24.2 Å². The normalized spacial score (nSPS) is 12.7. The number of carbonyl (C=O) groups excluding carboxylic acids is 2. The Kier molecular flexibility index (Phi) is 14.9. The van der Waals surface area contributed by atoms with Crippen molar-refractivity contribution in [2.24, 2.45) is 0 Å². The summed E-state index contributed by atoms with van der Waals surface area (Å²) in [6, 6.07) is 4.31. The minimum atomic E-state index is -5.17. The second-order valence-corrected chi connectivity index (χ2v) is 12.7. The number of hydrogen-bond acceptors (Lipinski definition) is 5. The fourth-order valence-corrected chi connectivity index (χ4v) is 5.97. The molecule has 0 radical (unpaired) electrons. The van der Waals surface area contributed by atoms with E-state index in [1.165, 1.54) is 42.0 Å². The molecule has 0 bridgehead atoms. The van der Waals surface area contributed by atoms with Gasteiger partial charge in [0.1, 0.15) is 17.7 Å². The van der Waals surface area contributed by atoms with Gasteiger partial charge in [0.2, 0.25) is 5.91 Å². The molecule has 0 aliphatic heterocycles. The quantitative estimate of drug-likeness (QED) is 0.0624. The van der Waals surface area contributed by atoms with Gasteiger partial charge in [-0.3, -0.25) is 14.4 Å². The number of carbonyl (C=O) groups is 2. The molecule has 51 heavy (non-hydrogen) atoms. The molecule has 0 aliphatic carbocycles. The lowest BCUT2D eigenvalue weighted by Gasteiger charge is -2.26. The van der Waals surface area contributed by atoms with E-state index in [1.807, 2.05) is 19.0 Å². The number of nitrogens with one attached hydrogen (secondary N) is 1. The Morgan fingerprint density at radius 1 is 1.04 bits per heavy atom. The van der Waals surface area contributed by atoms with Crippen molar-refractivity contribution in [2.75, 3.05) is 27.2 Å². The smallest absolute Gasteiger partial charge is 0.419 e. The first kappa shape index (κ1) is 40.8. The summed E-state index contributed by atoms with van der Waals surface area (Å²) < 4.78 is 80.5. The number of pyridine rings is 1. The summed E-state index contributed by atoms with van der Waals surface area (Å²) in [5.41, 5.74) is -1.04. The summed E-state index contributed by atoms with van der Waals surface area (Å²) in [6.07, 6.45) is 1.58. The molecular weight excluding hydrogens is 669 g/mol. The summed E-state index contributed by atoms with van der Waals surface area (Å²) in [5.74, 6) is -4.01. The number of amides is 1. The van der Waals surface area contributed by atoms with Crippen LogP contribution in [-0.2, 0) is 33.3 Å². The van der Waals surface area contributed by atoms with Crippen LogP contribution in [-0.4, -0.2) is 48.6 Å². The van der Waals surface area contributed by atoms with Crippen LogP contribution in [0.25, 0.3) is 11.1 Å². The van der Waals surface area contributed by atoms with Gasteiger partial charge in [-0.25, -0.2) is 8.78 Å². The Morgan fingerprint density at radius 3 is 2.39 bits per heavy atom. The predicted octanol–water partition coefficient (Wildman–Crippen LogP) is 8.05. The van der Waals surface area contributed by atoms with Gasteiger partial charge in [-0.2, -0.15) is 13.2 Å². The van der Waals surface area contributed by atoms with Crippen LogP contribution in [0.2, 0.25) is 0 Å². The van der Waals surface area contributed by atoms with E-state index >= 15 is 4.39 Å². The lowest BCUT2D eigenvalue weighted by atomic mass is 9.88. The zero-order chi connectivity index (χ0) is 37.9. The second-order valence-electron chi connectivity index (χ2n) is 12.7. The number of rotatable bonds is 18. The minimum absolute atomic E-state index is 0.0602. The van der Waals surface area contributed by atoms with Gasteiger partial charge in [-0.1, -0.05) is 18.2 Å². The summed E-state index contributed by atoms with van der Waals surface area (Å²) >= 11 is 0. The number of esters is 1. The van der Waals surface area contributed by atoms with Crippen molar-refractivity contribution >= 4 is 11.9 Å². The number of nitrogens with zero attached hydrogens (tertiary/aromatic N) is 2. The van der Waals surface area contributed by atoms with Gasteiger partial charge in [-0.05, 0) is 119 Å². The van der Waals surface area contributed by atoms with Crippen LogP contribution in [0.4, 0.5) is 22.0 Å².